The summed E-state index contributed by atoms with van der Waals surface area (Å²) in [6, 6.07) is 6.39. The first kappa shape index (κ1) is 14.2. The van der Waals surface area contributed by atoms with Crippen LogP contribution in [0.15, 0.2) is 18.2 Å². The second kappa shape index (κ2) is 6.77. The number of methoxy groups -OCH3 is 1. The molecule has 0 saturated heterocycles. The highest BCUT2D eigenvalue weighted by atomic mass is 16.5. The summed E-state index contributed by atoms with van der Waals surface area (Å²) < 4.78 is 5.17. The maximum atomic E-state index is 9.95. The number of hydrogen-bond acceptors (Lipinski definition) is 2. The fourth-order valence-electron chi connectivity index (χ4n) is 1.85. The zero-order valence-corrected chi connectivity index (χ0v) is 11.4. The van der Waals surface area contributed by atoms with Crippen LogP contribution in [0.2, 0.25) is 0 Å². The SMILES string of the molecule is COC(C)CCC(O)Cc1ccc(C)c(C)c1. The van der Waals surface area contributed by atoms with E-state index < -0.39 is 0 Å². The Morgan fingerprint density at radius 1 is 1.18 bits per heavy atom. The minimum Gasteiger partial charge on any atom is -0.393 e. The van der Waals surface area contributed by atoms with E-state index in [9.17, 15) is 5.11 Å². The Kier molecular flexibility index (Phi) is 5.66. The number of aryl methyl sites for hydroxylation is 2. The Bertz CT molecular complexity index is 347. The number of rotatable bonds is 6. The van der Waals surface area contributed by atoms with Crippen molar-refractivity contribution in [1.82, 2.24) is 0 Å². The van der Waals surface area contributed by atoms with Crippen LogP contribution in [0, 0.1) is 13.8 Å². The topological polar surface area (TPSA) is 29.5 Å². The molecule has 0 aliphatic rings. The lowest BCUT2D eigenvalue weighted by atomic mass is 9.99. The van der Waals surface area contributed by atoms with Crippen molar-refractivity contribution in [2.24, 2.45) is 0 Å². The van der Waals surface area contributed by atoms with Crippen LogP contribution in [-0.2, 0) is 11.2 Å². The second-order valence-electron chi connectivity index (χ2n) is 4.90. The summed E-state index contributed by atoms with van der Waals surface area (Å²) in [7, 11) is 1.71. The fourth-order valence-corrected chi connectivity index (χ4v) is 1.85. The molecule has 0 radical (unpaired) electrons. The van der Waals surface area contributed by atoms with Crippen molar-refractivity contribution in [3.8, 4) is 0 Å². The van der Waals surface area contributed by atoms with E-state index in [1.807, 2.05) is 6.92 Å². The summed E-state index contributed by atoms with van der Waals surface area (Å²) in [4.78, 5) is 0. The van der Waals surface area contributed by atoms with Gasteiger partial charge in [0.25, 0.3) is 0 Å². The Hall–Kier alpha value is -0.860. The zero-order chi connectivity index (χ0) is 12.8. The van der Waals surface area contributed by atoms with E-state index in [-0.39, 0.29) is 12.2 Å². The van der Waals surface area contributed by atoms with Gasteiger partial charge in [-0.25, -0.2) is 0 Å². The zero-order valence-electron chi connectivity index (χ0n) is 11.4. The van der Waals surface area contributed by atoms with Crippen LogP contribution in [-0.4, -0.2) is 24.4 Å². The molecule has 0 amide bonds. The quantitative estimate of drug-likeness (QED) is 0.822. The molecular formula is C15H24O2. The monoisotopic (exact) mass is 236 g/mol. The maximum absolute atomic E-state index is 9.95. The lowest BCUT2D eigenvalue weighted by Gasteiger charge is -2.14. The van der Waals surface area contributed by atoms with Crippen molar-refractivity contribution in [3.63, 3.8) is 0 Å². The average Bonchev–Trinajstić information content (AvgIpc) is 2.31. The predicted octanol–water partition coefficient (Wildman–Crippen LogP) is 3.02. The van der Waals surface area contributed by atoms with Gasteiger partial charge >= 0.3 is 0 Å². The van der Waals surface area contributed by atoms with Crippen molar-refractivity contribution >= 4 is 0 Å². The highest BCUT2D eigenvalue weighted by molar-refractivity contribution is 5.30. The molecule has 1 rings (SSSR count). The van der Waals surface area contributed by atoms with E-state index >= 15 is 0 Å². The van der Waals surface area contributed by atoms with Crippen LogP contribution in [0.1, 0.15) is 36.5 Å². The normalized spacial score (nSPS) is 14.6. The van der Waals surface area contributed by atoms with Crippen molar-refractivity contribution in [2.75, 3.05) is 7.11 Å². The Morgan fingerprint density at radius 2 is 1.88 bits per heavy atom. The molecule has 0 aliphatic heterocycles. The van der Waals surface area contributed by atoms with Gasteiger partial charge in [-0.1, -0.05) is 18.2 Å². The Labute approximate surface area is 105 Å². The van der Waals surface area contributed by atoms with Gasteiger partial charge in [-0.05, 0) is 56.7 Å². The van der Waals surface area contributed by atoms with Gasteiger partial charge < -0.3 is 9.84 Å². The third-order valence-corrected chi connectivity index (χ3v) is 3.35. The van der Waals surface area contributed by atoms with Gasteiger partial charge in [0.05, 0.1) is 12.2 Å². The van der Waals surface area contributed by atoms with Gasteiger partial charge in [0.2, 0.25) is 0 Å². The van der Waals surface area contributed by atoms with Crippen LogP contribution >= 0.6 is 0 Å². The number of aliphatic hydroxyl groups excluding tert-OH is 1. The van der Waals surface area contributed by atoms with Gasteiger partial charge in [-0.3, -0.25) is 0 Å². The summed E-state index contributed by atoms with van der Waals surface area (Å²) >= 11 is 0. The van der Waals surface area contributed by atoms with Crippen LogP contribution in [0.25, 0.3) is 0 Å². The number of aliphatic hydroxyl groups is 1. The lowest BCUT2D eigenvalue weighted by molar-refractivity contribution is 0.0851. The molecule has 0 bridgehead atoms. The molecule has 2 nitrogen and oxygen atoms in total. The van der Waals surface area contributed by atoms with E-state index in [0.29, 0.717) is 0 Å². The molecule has 0 aromatic heterocycles. The minimum absolute atomic E-state index is 0.226. The first-order chi connectivity index (χ1) is 8.02. The number of ether oxygens (including phenoxy) is 1. The molecule has 0 aliphatic carbocycles. The van der Waals surface area contributed by atoms with Crippen molar-refractivity contribution in [2.45, 2.75) is 52.2 Å². The molecule has 0 heterocycles. The van der Waals surface area contributed by atoms with Gasteiger partial charge in [0.15, 0.2) is 0 Å². The Balaban J connectivity index is 2.44. The van der Waals surface area contributed by atoms with Crippen molar-refractivity contribution in [1.29, 1.82) is 0 Å². The van der Waals surface area contributed by atoms with Crippen LogP contribution in [0.3, 0.4) is 0 Å². The molecule has 0 spiro atoms. The molecule has 96 valence electrons. The molecule has 1 aromatic carbocycles. The lowest BCUT2D eigenvalue weighted by Crippen LogP contribution is -2.14. The highest BCUT2D eigenvalue weighted by Gasteiger charge is 2.08. The molecule has 2 unspecified atom stereocenters. The van der Waals surface area contributed by atoms with Crippen molar-refractivity contribution in [3.05, 3.63) is 34.9 Å². The molecule has 2 atom stereocenters. The molecule has 2 heteroatoms. The maximum Gasteiger partial charge on any atom is 0.0581 e. The molecule has 17 heavy (non-hydrogen) atoms. The summed E-state index contributed by atoms with van der Waals surface area (Å²) in [6.45, 7) is 6.25. The average molecular weight is 236 g/mol. The number of hydrogen-bond donors (Lipinski definition) is 1. The van der Waals surface area contributed by atoms with Crippen molar-refractivity contribution < 1.29 is 9.84 Å². The van der Waals surface area contributed by atoms with Gasteiger partial charge in [0.1, 0.15) is 0 Å². The van der Waals surface area contributed by atoms with E-state index in [1.165, 1.54) is 16.7 Å². The van der Waals surface area contributed by atoms with Gasteiger partial charge in [-0.15, -0.1) is 0 Å². The summed E-state index contributed by atoms with van der Waals surface area (Å²) in [5, 5.41) is 9.95. The summed E-state index contributed by atoms with van der Waals surface area (Å²) in [5.41, 5.74) is 3.81. The third-order valence-electron chi connectivity index (χ3n) is 3.35. The van der Waals surface area contributed by atoms with Gasteiger partial charge in [-0.2, -0.15) is 0 Å². The standard InChI is InChI=1S/C15H24O2/c1-11-5-7-14(9-12(11)2)10-15(16)8-6-13(3)17-4/h5,7,9,13,15-16H,6,8,10H2,1-4H3. The fraction of sp³-hybridized carbons (Fsp3) is 0.600. The van der Waals surface area contributed by atoms with Gasteiger partial charge in [0, 0.05) is 7.11 Å². The van der Waals surface area contributed by atoms with E-state index in [2.05, 4.69) is 32.0 Å². The van der Waals surface area contributed by atoms with E-state index in [0.717, 1.165) is 19.3 Å². The summed E-state index contributed by atoms with van der Waals surface area (Å²) in [5.74, 6) is 0. The first-order valence-corrected chi connectivity index (χ1v) is 6.30. The molecule has 1 aromatic rings. The molecular weight excluding hydrogens is 212 g/mol. The summed E-state index contributed by atoms with van der Waals surface area (Å²) in [6.07, 6.45) is 2.39. The molecule has 1 N–H and O–H groups in total. The largest absolute Gasteiger partial charge is 0.393 e. The van der Waals surface area contributed by atoms with E-state index in [1.54, 1.807) is 7.11 Å². The number of benzene rings is 1. The first-order valence-electron chi connectivity index (χ1n) is 6.30. The smallest absolute Gasteiger partial charge is 0.0581 e. The minimum atomic E-state index is -0.269. The highest BCUT2D eigenvalue weighted by Crippen LogP contribution is 2.14. The van der Waals surface area contributed by atoms with Crippen LogP contribution in [0.4, 0.5) is 0 Å². The predicted molar refractivity (Wildman–Crippen MR) is 71.3 cm³/mol. The Morgan fingerprint density at radius 3 is 2.47 bits per heavy atom. The van der Waals surface area contributed by atoms with Crippen LogP contribution in [0.5, 0.6) is 0 Å². The van der Waals surface area contributed by atoms with Crippen LogP contribution < -0.4 is 0 Å². The third kappa shape index (κ3) is 4.88. The van der Waals surface area contributed by atoms with E-state index in [4.69, 9.17) is 4.74 Å². The molecule has 0 fully saturated rings. The second-order valence-corrected chi connectivity index (χ2v) is 4.90. The molecule has 0 saturated carbocycles.